The van der Waals surface area contributed by atoms with E-state index in [-0.39, 0.29) is 0 Å². The highest BCUT2D eigenvalue weighted by molar-refractivity contribution is 9.10. The summed E-state index contributed by atoms with van der Waals surface area (Å²) in [5, 5.41) is 8.66. The van der Waals surface area contributed by atoms with Crippen molar-refractivity contribution in [2.45, 2.75) is 0 Å². The lowest BCUT2D eigenvalue weighted by molar-refractivity contribution is 1.30. The summed E-state index contributed by atoms with van der Waals surface area (Å²) in [6.45, 7) is 0. The van der Waals surface area contributed by atoms with E-state index >= 15 is 0 Å². The van der Waals surface area contributed by atoms with Crippen LogP contribution in [-0.2, 0) is 0 Å². The summed E-state index contributed by atoms with van der Waals surface area (Å²) in [4.78, 5) is 7.12. The quantitative estimate of drug-likeness (QED) is 0.742. The molecule has 0 atom stereocenters. The number of hydrogen-bond donors (Lipinski definition) is 1. The van der Waals surface area contributed by atoms with Crippen LogP contribution in [0.5, 0.6) is 0 Å². The van der Waals surface area contributed by atoms with Gasteiger partial charge in [0.1, 0.15) is 6.07 Å². The van der Waals surface area contributed by atoms with Crippen LogP contribution in [0.25, 0.3) is 11.0 Å². The third-order valence-electron chi connectivity index (χ3n) is 1.59. The van der Waals surface area contributed by atoms with Crippen molar-refractivity contribution in [1.29, 1.82) is 5.26 Å². The molecule has 0 amide bonds. The summed E-state index contributed by atoms with van der Waals surface area (Å²) in [5.41, 5.74) is 2.16. The van der Waals surface area contributed by atoms with Crippen LogP contribution in [-0.4, -0.2) is 9.97 Å². The minimum absolute atomic E-state index is 0.419. The van der Waals surface area contributed by atoms with Crippen LogP contribution in [0, 0.1) is 11.3 Å². The maximum Gasteiger partial charge on any atom is 0.155 e. The Morgan fingerprint density at radius 2 is 2.42 bits per heavy atom. The summed E-state index contributed by atoms with van der Waals surface area (Å²) < 4.78 is 0.722. The molecule has 0 aliphatic heterocycles. The third kappa shape index (κ3) is 0.990. The average molecular weight is 222 g/mol. The second-order valence-corrected chi connectivity index (χ2v) is 3.20. The molecule has 0 radical (unpaired) electrons. The maximum atomic E-state index is 8.66. The molecule has 0 unspecified atom stereocenters. The number of nitriles is 1. The lowest BCUT2D eigenvalue weighted by Crippen LogP contribution is -1.84. The fraction of sp³-hybridized carbons (Fsp3) is 0. The zero-order valence-electron chi connectivity index (χ0n) is 6.00. The molecule has 4 heteroatoms. The molecule has 2 aromatic heterocycles. The predicted octanol–water partition coefficient (Wildman–Crippen LogP) is 2.20. The van der Waals surface area contributed by atoms with Crippen LogP contribution in [0.15, 0.2) is 22.8 Å². The second-order valence-electron chi connectivity index (χ2n) is 2.34. The van der Waals surface area contributed by atoms with Crippen LogP contribution in [0.4, 0.5) is 0 Å². The van der Waals surface area contributed by atoms with Gasteiger partial charge in [-0.2, -0.15) is 5.26 Å². The Bertz CT molecular complexity index is 467. The van der Waals surface area contributed by atoms with E-state index in [9.17, 15) is 0 Å². The highest BCUT2D eigenvalue weighted by Crippen LogP contribution is 2.19. The largest absolute Gasteiger partial charge is 0.360 e. The molecule has 0 saturated carbocycles. The van der Waals surface area contributed by atoms with Crippen LogP contribution in [0.2, 0.25) is 0 Å². The van der Waals surface area contributed by atoms with Gasteiger partial charge in [-0.3, -0.25) is 0 Å². The summed E-state index contributed by atoms with van der Waals surface area (Å²) in [6.07, 6.45) is 1.80. The van der Waals surface area contributed by atoms with Crippen molar-refractivity contribution in [2.75, 3.05) is 0 Å². The number of H-pyrrole nitrogens is 1. The van der Waals surface area contributed by atoms with Gasteiger partial charge < -0.3 is 4.98 Å². The third-order valence-corrected chi connectivity index (χ3v) is 2.20. The number of nitrogens with one attached hydrogen (secondary N) is 1. The number of nitrogens with zero attached hydrogens (tertiary/aromatic N) is 2. The van der Waals surface area contributed by atoms with E-state index in [1.54, 1.807) is 6.20 Å². The molecule has 58 valence electrons. The lowest BCUT2D eigenvalue weighted by atomic mass is 10.3. The number of halogens is 1. The first-order valence-electron chi connectivity index (χ1n) is 3.35. The normalized spacial score (nSPS) is 10.0. The predicted molar refractivity (Wildman–Crippen MR) is 48.5 cm³/mol. The SMILES string of the molecule is N#Cc1nc2cc[nH]c2cc1Br. The number of aromatic nitrogens is 2. The van der Waals surface area contributed by atoms with Gasteiger partial charge in [-0.05, 0) is 28.1 Å². The van der Waals surface area contributed by atoms with Gasteiger partial charge in [-0.1, -0.05) is 0 Å². The molecule has 2 rings (SSSR count). The van der Waals surface area contributed by atoms with Gasteiger partial charge in [0, 0.05) is 6.20 Å². The molecule has 2 heterocycles. The van der Waals surface area contributed by atoms with E-state index in [4.69, 9.17) is 5.26 Å². The number of rotatable bonds is 0. The fourth-order valence-electron chi connectivity index (χ4n) is 1.03. The number of fused-ring (bicyclic) bond motifs is 1. The summed E-state index contributed by atoms with van der Waals surface area (Å²) >= 11 is 3.26. The van der Waals surface area contributed by atoms with E-state index < -0.39 is 0 Å². The van der Waals surface area contributed by atoms with Gasteiger partial charge in [0.2, 0.25) is 0 Å². The first kappa shape index (κ1) is 7.32. The maximum absolute atomic E-state index is 8.66. The van der Waals surface area contributed by atoms with Crippen molar-refractivity contribution in [3.8, 4) is 6.07 Å². The Kier molecular flexibility index (Phi) is 1.59. The molecule has 12 heavy (non-hydrogen) atoms. The topological polar surface area (TPSA) is 52.5 Å². The number of hydrogen-bond acceptors (Lipinski definition) is 2. The van der Waals surface area contributed by atoms with Crippen molar-refractivity contribution in [3.05, 3.63) is 28.5 Å². The molecule has 2 aromatic rings. The van der Waals surface area contributed by atoms with Gasteiger partial charge in [-0.25, -0.2) is 4.98 Å². The molecule has 0 spiro atoms. The first-order valence-corrected chi connectivity index (χ1v) is 4.14. The van der Waals surface area contributed by atoms with E-state index in [1.165, 1.54) is 0 Å². The van der Waals surface area contributed by atoms with Crippen molar-refractivity contribution >= 4 is 27.0 Å². The van der Waals surface area contributed by atoms with Crippen LogP contribution in [0.1, 0.15) is 5.69 Å². The number of aromatic amines is 1. The Balaban J connectivity index is 2.84. The standard InChI is InChI=1S/C8H4BrN3/c9-5-3-7-6(1-2-11-7)12-8(5)4-10/h1-3,11H. The van der Waals surface area contributed by atoms with Crippen molar-refractivity contribution < 1.29 is 0 Å². The Labute approximate surface area is 77.2 Å². The first-order chi connectivity index (χ1) is 5.81. The fourth-order valence-corrected chi connectivity index (χ4v) is 1.44. The Hall–Kier alpha value is -1.34. The Morgan fingerprint density at radius 1 is 1.58 bits per heavy atom. The van der Waals surface area contributed by atoms with Crippen LogP contribution in [0.3, 0.4) is 0 Å². The van der Waals surface area contributed by atoms with E-state index in [1.807, 2.05) is 18.2 Å². The molecule has 0 saturated heterocycles. The monoisotopic (exact) mass is 221 g/mol. The lowest BCUT2D eigenvalue weighted by Gasteiger charge is -1.93. The van der Waals surface area contributed by atoms with Crippen molar-refractivity contribution in [1.82, 2.24) is 9.97 Å². The molecule has 0 aromatic carbocycles. The molecule has 3 nitrogen and oxygen atoms in total. The summed E-state index contributed by atoms with van der Waals surface area (Å²) in [7, 11) is 0. The highest BCUT2D eigenvalue weighted by Gasteiger charge is 2.03. The molecular formula is C8H4BrN3. The van der Waals surface area contributed by atoms with Crippen molar-refractivity contribution in [2.24, 2.45) is 0 Å². The van der Waals surface area contributed by atoms with Crippen LogP contribution >= 0.6 is 15.9 Å². The zero-order valence-corrected chi connectivity index (χ0v) is 7.59. The van der Waals surface area contributed by atoms with Gasteiger partial charge in [0.25, 0.3) is 0 Å². The molecule has 0 fully saturated rings. The van der Waals surface area contributed by atoms with Gasteiger partial charge in [-0.15, -0.1) is 0 Å². The van der Waals surface area contributed by atoms with Crippen molar-refractivity contribution in [3.63, 3.8) is 0 Å². The van der Waals surface area contributed by atoms with E-state index in [2.05, 4.69) is 25.9 Å². The van der Waals surface area contributed by atoms with Gasteiger partial charge in [0.05, 0.1) is 15.5 Å². The number of pyridine rings is 1. The molecule has 1 N–H and O–H groups in total. The molecule has 0 aliphatic rings. The molecule has 0 aliphatic carbocycles. The molecular weight excluding hydrogens is 218 g/mol. The smallest absolute Gasteiger partial charge is 0.155 e. The second kappa shape index (κ2) is 2.61. The molecule has 0 bridgehead atoms. The minimum Gasteiger partial charge on any atom is -0.360 e. The van der Waals surface area contributed by atoms with Gasteiger partial charge >= 0.3 is 0 Å². The summed E-state index contributed by atoms with van der Waals surface area (Å²) in [5.74, 6) is 0. The highest BCUT2D eigenvalue weighted by atomic mass is 79.9. The summed E-state index contributed by atoms with van der Waals surface area (Å²) in [6, 6.07) is 5.69. The van der Waals surface area contributed by atoms with E-state index in [0.29, 0.717) is 5.69 Å². The van der Waals surface area contributed by atoms with Crippen LogP contribution < -0.4 is 0 Å². The zero-order chi connectivity index (χ0) is 8.55. The minimum atomic E-state index is 0.419. The Morgan fingerprint density at radius 3 is 3.17 bits per heavy atom. The average Bonchev–Trinajstić information content (AvgIpc) is 2.49. The van der Waals surface area contributed by atoms with E-state index in [0.717, 1.165) is 15.5 Å². The van der Waals surface area contributed by atoms with Gasteiger partial charge in [0.15, 0.2) is 5.69 Å².